The molecule has 2 rings (SSSR count). The Kier molecular flexibility index (Phi) is 9.21. The second kappa shape index (κ2) is 11.8. The molecule has 0 aliphatic heterocycles. The van der Waals surface area contributed by atoms with Gasteiger partial charge in [0.1, 0.15) is 0 Å². The largest absolute Gasteiger partial charge is 0.377 e. The zero-order chi connectivity index (χ0) is 17.7. The van der Waals surface area contributed by atoms with Crippen LogP contribution in [0.5, 0.6) is 0 Å². The summed E-state index contributed by atoms with van der Waals surface area (Å²) in [6.45, 7) is 5.83. The van der Waals surface area contributed by atoms with Crippen LogP contribution in [-0.4, -0.2) is 16.6 Å². The average Bonchev–Trinajstić information content (AvgIpc) is 2.63. The van der Waals surface area contributed by atoms with Gasteiger partial charge in [-0.05, 0) is 48.7 Å². The maximum atomic E-state index is 5.83. The van der Waals surface area contributed by atoms with E-state index in [0.717, 1.165) is 30.0 Å². The Morgan fingerprint density at radius 1 is 0.800 bits per heavy atom. The van der Waals surface area contributed by atoms with Gasteiger partial charge in [-0.1, -0.05) is 51.9 Å². The molecule has 136 valence electrons. The molecule has 3 nitrogen and oxygen atoms in total. The first-order valence-electron chi connectivity index (χ1n) is 9.75. The second-order valence-electron chi connectivity index (χ2n) is 6.80. The first kappa shape index (κ1) is 19.6. The molecule has 0 radical (unpaired) electrons. The summed E-state index contributed by atoms with van der Waals surface area (Å²) in [6.07, 6.45) is 14.3. The van der Waals surface area contributed by atoms with Crippen molar-refractivity contribution in [1.29, 1.82) is 0 Å². The number of hydrogen-bond acceptors (Lipinski definition) is 3. The third kappa shape index (κ3) is 7.78. The molecule has 0 saturated carbocycles. The van der Waals surface area contributed by atoms with Gasteiger partial charge in [-0.3, -0.25) is 9.97 Å². The molecular formula is C22H32N2O. The molecule has 0 atom stereocenters. The molecular weight excluding hydrogens is 308 g/mol. The lowest BCUT2D eigenvalue weighted by Gasteiger charge is -2.07. The van der Waals surface area contributed by atoms with Crippen LogP contribution in [0.2, 0.25) is 0 Å². The quantitative estimate of drug-likeness (QED) is 0.437. The van der Waals surface area contributed by atoms with Crippen molar-refractivity contribution in [2.75, 3.05) is 6.61 Å². The van der Waals surface area contributed by atoms with Gasteiger partial charge in [0.25, 0.3) is 0 Å². The Hall–Kier alpha value is -1.74. The van der Waals surface area contributed by atoms with Gasteiger partial charge in [-0.2, -0.15) is 0 Å². The summed E-state index contributed by atoms with van der Waals surface area (Å²) in [5, 5.41) is 0. The van der Waals surface area contributed by atoms with E-state index in [1.165, 1.54) is 50.5 Å². The molecule has 0 bridgehead atoms. The van der Waals surface area contributed by atoms with Gasteiger partial charge in [0, 0.05) is 19.0 Å². The summed E-state index contributed by atoms with van der Waals surface area (Å²) >= 11 is 0. The number of aryl methyl sites for hydroxylation is 1. The average molecular weight is 341 g/mol. The molecule has 0 fully saturated rings. The molecule has 0 N–H and O–H groups in total. The topological polar surface area (TPSA) is 35.0 Å². The van der Waals surface area contributed by atoms with Crippen molar-refractivity contribution < 1.29 is 4.74 Å². The van der Waals surface area contributed by atoms with Gasteiger partial charge in [-0.15, -0.1) is 0 Å². The Labute approximate surface area is 152 Å². The minimum atomic E-state index is 0.651. The van der Waals surface area contributed by atoms with E-state index in [1.807, 2.05) is 24.5 Å². The zero-order valence-corrected chi connectivity index (χ0v) is 15.8. The highest BCUT2D eigenvalue weighted by Gasteiger charge is 2.03. The predicted octanol–water partition coefficient (Wildman–Crippen LogP) is 6.11. The first-order valence-corrected chi connectivity index (χ1v) is 9.75. The molecule has 2 aromatic heterocycles. The molecule has 3 heteroatoms. The monoisotopic (exact) mass is 340 g/mol. The summed E-state index contributed by atoms with van der Waals surface area (Å²) in [7, 11) is 0. The molecule has 0 spiro atoms. The van der Waals surface area contributed by atoms with Gasteiger partial charge in [0.05, 0.1) is 18.0 Å². The van der Waals surface area contributed by atoms with E-state index in [-0.39, 0.29) is 0 Å². The lowest BCUT2D eigenvalue weighted by atomic mass is 10.1. The van der Waals surface area contributed by atoms with Crippen LogP contribution in [0.1, 0.15) is 69.4 Å². The van der Waals surface area contributed by atoms with Crippen LogP contribution >= 0.6 is 0 Å². The highest BCUT2D eigenvalue weighted by atomic mass is 16.5. The Morgan fingerprint density at radius 3 is 2.16 bits per heavy atom. The van der Waals surface area contributed by atoms with E-state index < -0.39 is 0 Å². The van der Waals surface area contributed by atoms with Crippen molar-refractivity contribution >= 4 is 0 Å². The fraction of sp³-hybridized carbons (Fsp3) is 0.545. The zero-order valence-electron chi connectivity index (χ0n) is 15.8. The summed E-state index contributed by atoms with van der Waals surface area (Å²) in [5.41, 5.74) is 4.19. The molecule has 0 unspecified atom stereocenters. The molecule has 0 saturated heterocycles. The van der Waals surface area contributed by atoms with E-state index in [4.69, 9.17) is 4.74 Å². The summed E-state index contributed by atoms with van der Waals surface area (Å²) < 4.78 is 5.83. The Morgan fingerprint density at radius 2 is 1.44 bits per heavy atom. The second-order valence-corrected chi connectivity index (χ2v) is 6.80. The van der Waals surface area contributed by atoms with Gasteiger partial charge in [0.2, 0.25) is 0 Å². The van der Waals surface area contributed by atoms with Crippen LogP contribution in [0.4, 0.5) is 0 Å². The highest BCUT2D eigenvalue weighted by Crippen LogP contribution is 2.17. The molecule has 2 heterocycles. The van der Waals surface area contributed by atoms with Crippen molar-refractivity contribution in [2.24, 2.45) is 0 Å². The van der Waals surface area contributed by atoms with E-state index in [9.17, 15) is 0 Å². The van der Waals surface area contributed by atoms with Crippen molar-refractivity contribution in [3.05, 3.63) is 47.8 Å². The molecule has 0 aromatic carbocycles. The van der Waals surface area contributed by atoms with Crippen molar-refractivity contribution in [2.45, 2.75) is 71.8 Å². The first-order chi connectivity index (χ1) is 12.3. The van der Waals surface area contributed by atoms with Crippen LogP contribution < -0.4 is 0 Å². The smallest absolute Gasteiger partial charge is 0.0889 e. The van der Waals surface area contributed by atoms with Crippen LogP contribution in [0.3, 0.4) is 0 Å². The van der Waals surface area contributed by atoms with Crippen molar-refractivity contribution in [3.63, 3.8) is 0 Å². The molecule has 0 aliphatic rings. The summed E-state index contributed by atoms with van der Waals surface area (Å²) in [4.78, 5) is 8.84. The molecule has 0 amide bonds. The minimum absolute atomic E-state index is 0.651. The number of rotatable bonds is 12. The SMILES string of the molecule is CCCCCCCCCCOCc1ccnc(-c2cc(C)ccn2)c1. The lowest BCUT2D eigenvalue weighted by molar-refractivity contribution is 0.116. The molecule has 2 aromatic rings. The van der Waals surface area contributed by atoms with Crippen LogP contribution in [-0.2, 0) is 11.3 Å². The van der Waals surface area contributed by atoms with Gasteiger partial charge in [-0.25, -0.2) is 0 Å². The Bertz CT molecular complexity index is 612. The number of nitrogens with zero attached hydrogens (tertiary/aromatic N) is 2. The number of pyridine rings is 2. The van der Waals surface area contributed by atoms with Crippen LogP contribution in [0.25, 0.3) is 11.4 Å². The maximum absolute atomic E-state index is 5.83. The fourth-order valence-electron chi connectivity index (χ4n) is 2.91. The predicted molar refractivity (Wildman–Crippen MR) is 104 cm³/mol. The highest BCUT2D eigenvalue weighted by molar-refractivity contribution is 5.55. The Balaban J connectivity index is 1.64. The standard InChI is InChI=1S/C22H32N2O/c1-3-4-5-6-7-8-9-10-15-25-18-20-12-14-24-22(17-20)21-16-19(2)11-13-23-21/h11-14,16-17H,3-10,15,18H2,1-2H3. The van der Waals surface area contributed by atoms with E-state index >= 15 is 0 Å². The number of ether oxygens (including phenoxy) is 1. The van der Waals surface area contributed by atoms with E-state index in [2.05, 4.69) is 35.9 Å². The molecule has 0 aliphatic carbocycles. The van der Waals surface area contributed by atoms with Gasteiger partial charge >= 0.3 is 0 Å². The van der Waals surface area contributed by atoms with E-state index in [1.54, 1.807) is 0 Å². The number of hydrogen-bond donors (Lipinski definition) is 0. The maximum Gasteiger partial charge on any atom is 0.0889 e. The summed E-state index contributed by atoms with van der Waals surface area (Å²) in [6, 6.07) is 8.16. The third-order valence-electron chi connectivity index (χ3n) is 4.41. The normalized spacial score (nSPS) is 11.0. The van der Waals surface area contributed by atoms with Crippen molar-refractivity contribution in [1.82, 2.24) is 9.97 Å². The summed E-state index contributed by atoms with van der Waals surface area (Å²) in [5.74, 6) is 0. The number of unbranched alkanes of at least 4 members (excludes halogenated alkanes) is 7. The van der Waals surface area contributed by atoms with Crippen LogP contribution in [0, 0.1) is 6.92 Å². The number of aromatic nitrogens is 2. The lowest BCUT2D eigenvalue weighted by Crippen LogP contribution is -1.97. The molecule has 25 heavy (non-hydrogen) atoms. The van der Waals surface area contributed by atoms with Crippen molar-refractivity contribution in [3.8, 4) is 11.4 Å². The van der Waals surface area contributed by atoms with E-state index in [0.29, 0.717) is 6.61 Å². The van der Waals surface area contributed by atoms with Gasteiger partial charge < -0.3 is 4.74 Å². The third-order valence-corrected chi connectivity index (χ3v) is 4.41. The minimum Gasteiger partial charge on any atom is -0.377 e. The van der Waals surface area contributed by atoms with Gasteiger partial charge in [0.15, 0.2) is 0 Å². The fourth-order valence-corrected chi connectivity index (χ4v) is 2.91. The van der Waals surface area contributed by atoms with Crippen LogP contribution in [0.15, 0.2) is 36.7 Å².